The van der Waals surface area contributed by atoms with E-state index in [1.165, 1.54) is 14.2 Å². The maximum atomic E-state index is 10.7. The maximum Gasteiger partial charge on any atom is 0.303 e. The first-order valence-electron chi connectivity index (χ1n) is 6.04. The first kappa shape index (κ1) is 16.7. The van der Waals surface area contributed by atoms with E-state index >= 15 is 0 Å². The Morgan fingerprint density at radius 2 is 2.00 bits per heavy atom. The molecule has 0 spiro atoms. The van der Waals surface area contributed by atoms with Gasteiger partial charge >= 0.3 is 5.97 Å². The van der Waals surface area contributed by atoms with Crippen LogP contribution in [0.4, 0.5) is 0 Å². The highest BCUT2D eigenvalue weighted by Gasteiger charge is 2.11. The maximum absolute atomic E-state index is 10.7. The Balaban J connectivity index is 3.09. The Bertz CT molecular complexity index is 560. The van der Waals surface area contributed by atoms with Crippen molar-refractivity contribution < 1.29 is 19.4 Å². The van der Waals surface area contributed by atoms with Gasteiger partial charge in [0, 0.05) is 12.0 Å². The van der Waals surface area contributed by atoms with Crippen LogP contribution in [-0.2, 0) is 4.79 Å². The van der Waals surface area contributed by atoms with Gasteiger partial charge in [0.1, 0.15) is 0 Å². The average Bonchev–Trinajstić information content (AvgIpc) is 2.46. The molecule has 4 N–H and O–H groups in total. The van der Waals surface area contributed by atoms with E-state index in [0.29, 0.717) is 22.8 Å². The summed E-state index contributed by atoms with van der Waals surface area (Å²) in [6, 6.07) is 5.18. The van der Waals surface area contributed by atoms with Gasteiger partial charge in [0.2, 0.25) is 0 Å². The molecule has 21 heavy (non-hydrogen) atoms. The lowest BCUT2D eigenvalue weighted by Gasteiger charge is -2.11. The van der Waals surface area contributed by atoms with Crippen LogP contribution >= 0.6 is 12.2 Å². The molecule has 0 aromatic heterocycles. The topological polar surface area (TPSA) is 106 Å². The highest BCUT2D eigenvalue weighted by molar-refractivity contribution is 7.80. The van der Waals surface area contributed by atoms with E-state index < -0.39 is 5.97 Å². The molecule has 0 fully saturated rings. The molecular weight excluding hydrogens is 294 g/mol. The van der Waals surface area contributed by atoms with Crippen LogP contribution in [0.1, 0.15) is 18.4 Å². The molecule has 0 radical (unpaired) electrons. The second-order valence-corrected chi connectivity index (χ2v) is 4.44. The van der Waals surface area contributed by atoms with Gasteiger partial charge in [-0.25, -0.2) is 0 Å². The molecule has 114 valence electrons. The number of nitrogens with zero attached hydrogens (tertiary/aromatic N) is 1. The fourth-order valence-electron chi connectivity index (χ4n) is 1.63. The molecule has 0 unspecified atom stereocenters. The lowest BCUT2D eigenvalue weighted by atomic mass is 10.1. The molecule has 0 heterocycles. The Morgan fingerprint density at radius 3 is 2.52 bits per heavy atom. The second kappa shape index (κ2) is 8.05. The minimum atomic E-state index is -0.918. The largest absolute Gasteiger partial charge is 0.493 e. The summed E-state index contributed by atoms with van der Waals surface area (Å²) in [5.74, 6) is 0.174. The quantitative estimate of drug-likeness (QED) is 0.393. The highest BCUT2D eigenvalue weighted by atomic mass is 32.1. The lowest BCUT2D eigenvalue weighted by Crippen LogP contribution is -2.26. The summed E-state index contributed by atoms with van der Waals surface area (Å²) < 4.78 is 10.4. The standard InChI is InChI=1S/C13H17N3O4S/c1-19-10-5-3-8(7-11(10)20-2)9(4-6-12(17)18)15-16-13(14)21/h3,5,7H,4,6H2,1-2H3,(H,17,18)(H3,14,16,21). The third-order valence-electron chi connectivity index (χ3n) is 2.59. The van der Waals surface area contributed by atoms with Gasteiger partial charge < -0.3 is 20.3 Å². The Hall–Kier alpha value is -2.35. The van der Waals surface area contributed by atoms with Gasteiger partial charge in [-0.15, -0.1) is 0 Å². The molecule has 8 heteroatoms. The van der Waals surface area contributed by atoms with Crippen LogP contribution < -0.4 is 20.6 Å². The van der Waals surface area contributed by atoms with Crippen molar-refractivity contribution in [2.24, 2.45) is 10.8 Å². The van der Waals surface area contributed by atoms with Gasteiger partial charge in [-0.2, -0.15) is 5.10 Å². The molecule has 1 aromatic carbocycles. The number of hydrogen-bond donors (Lipinski definition) is 3. The zero-order valence-electron chi connectivity index (χ0n) is 11.8. The number of methoxy groups -OCH3 is 2. The molecule has 1 rings (SSSR count). The monoisotopic (exact) mass is 311 g/mol. The smallest absolute Gasteiger partial charge is 0.303 e. The normalized spacial score (nSPS) is 10.9. The number of carboxylic acid groups (broad SMARTS) is 1. The van der Waals surface area contributed by atoms with Gasteiger partial charge in [-0.1, -0.05) is 0 Å². The van der Waals surface area contributed by atoms with Crippen molar-refractivity contribution in [2.75, 3.05) is 14.2 Å². The SMILES string of the molecule is COc1ccc(C(CCC(=O)O)=NNC(N)=S)cc1OC. The van der Waals surface area contributed by atoms with E-state index in [-0.39, 0.29) is 18.0 Å². The highest BCUT2D eigenvalue weighted by Crippen LogP contribution is 2.28. The molecule has 0 saturated carbocycles. The number of benzene rings is 1. The van der Waals surface area contributed by atoms with Crippen molar-refractivity contribution in [2.45, 2.75) is 12.8 Å². The lowest BCUT2D eigenvalue weighted by molar-refractivity contribution is -0.136. The van der Waals surface area contributed by atoms with Gasteiger partial charge in [-0.05, 0) is 30.4 Å². The van der Waals surface area contributed by atoms with Crippen molar-refractivity contribution in [3.63, 3.8) is 0 Å². The number of nitrogens with two attached hydrogens (primary N) is 1. The Kier molecular flexibility index (Phi) is 6.41. The van der Waals surface area contributed by atoms with Crippen molar-refractivity contribution in [1.82, 2.24) is 5.43 Å². The van der Waals surface area contributed by atoms with Gasteiger partial charge in [0.05, 0.1) is 26.4 Å². The van der Waals surface area contributed by atoms with E-state index in [4.69, 9.17) is 20.3 Å². The van der Waals surface area contributed by atoms with Crippen molar-refractivity contribution in [3.8, 4) is 11.5 Å². The zero-order valence-corrected chi connectivity index (χ0v) is 12.6. The van der Waals surface area contributed by atoms with Crippen LogP contribution in [0, 0.1) is 0 Å². The Morgan fingerprint density at radius 1 is 1.33 bits per heavy atom. The molecule has 0 bridgehead atoms. The fraction of sp³-hybridized carbons (Fsp3) is 0.308. The summed E-state index contributed by atoms with van der Waals surface area (Å²) in [4.78, 5) is 10.7. The summed E-state index contributed by atoms with van der Waals surface area (Å²) in [6.45, 7) is 0. The number of rotatable bonds is 7. The first-order chi connectivity index (χ1) is 9.97. The number of ether oxygens (including phenoxy) is 2. The fourth-order valence-corrected chi connectivity index (χ4v) is 1.67. The molecular formula is C13H17N3O4S. The van der Waals surface area contributed by atoms with Crippen LogP contribution in [-0.4, -0.2) is 36.1 Å². The first-order valence-corrected chi connectivity index (χ1v) is 6.45. The third-order valence-corrected chi connectivity index (χ3v) is 2.68. The van der Waals surface area contributed by atoms with E-state index in [1.807, 2.05) is 0 Å². The summed E-state index contributed by atoms with van der Waals surface area (Å²) >= 11 is 4.69. The molecule has 0 aliphatic rings. The summed E-state index contributed by atoms with van der Waals surface area (Å²) in [6.07, 6.45) is 0.159. The molecule has 0 atom stereocenters. The van der Waals surface area contributed by atoms with Crippen molar-refractivity contribution in [1.29, 1.82) is 0 Å². The number of thiocarbonyl (C=S) groups is 1. The Labute approximate surface area is 127 Å². The molecule has 0 saturated heterocycles. The van der Waals surface area contributed by atoms with Gasteiger partial charge in [-0.3, -0.25) is 10.2 Å². The van der Waals surface area contributed by atoms with Gasteiger partial charge in [0.15, 0.2) is 16.6 Å². The predicted molar refractivity (Wildman–Crippen MR) is 82.9 cm³/mol. The zero-order chi connectivity index (χ0) is 15.8. The summed E-state index contributed by atoms with van der Waals surface area (Å²) in [7, 11) is 3.05. The number of hydrogen-bond acceptors (Lipinski definition) is 5. The van der Waals surface area contributed by atoms with E-state index in [9.17, 15) is 4.79 Å². The number of hydrazone groups is 1. The minimum Gasteiger partial charge on any atom is -0.493 e. The third kappa shape index (κ3) is 5.27. The van der Waals surface area contributed by atoms with E-state index in [2.05, 4.69) is 22.7 Å². The number of carboxylic acids is 1. The second-order valence-electron chi connectivity index (χ2n) is 4.00. The number of nitrogens with one attached hydrogen (secondary N) is 1. The van der Waals surface area contributed by atoms with E-state index in [0.717, 1.165) is 0 Å². The molecule has 0 amide bonds. The molecule has 7 nitrogen and oxygen atoms in total. The van der Waals surface area contributed by atoms with Gasteiger partial charge in [0.25, 0.3) is 0 Å². The van der Waals surface area contributed by atoms with Crippen LogP contribution in [0.25, 0.3) is 0 Å². The molecule has 1 aromatic rings. The summed E-state index contributed by atoms with van der Waals surface area (Å²) in [5.41, 5.74) is 8.99. The van der Waals surface area contributed by atoms with Crippen LogP contribution in [0.5, 0.6) is 11.5 Å². The van der Waals surface area contributed by atoms with E-state index in [1.54, 1.807) is 18.2 Å². The average molecular weight is 311 g/mol. The van der Waals surface area contributed by atoms with Crippen molar-refractivity contribution in [3.05, 3.63) is 23.8 Å². The number of carbonyl (C=O) groups is 1. The van der Waals surface area contributed by atoms with Crippen LogP contribution in [0.2, 0.25) is 0 Å². The minimum absolute atomic E-state index is 0.00306. The molecule has 0 aliphatic carbocycles. The predicted octanol–water partition coefficient (Wildman–Crippen LogP) is 1.11. The summed E-state index contributed by atoms with van der Waals surface area (Å²) in [5, 5.41) is 12.8. The van der Waals surface area contributed by atoms with Crippen molar-refractivity contribution >= 4 is 29.0 Å². The van der Waals surface area contributed by atoms with Crippen LogP contribution in [0.15, 0.2) is 23.3 Å². The number of aliphatic carboxylic acids is 1. The van der Waals surface area contributed by atoms with Crippen LogP contribution in [0.3, 0.4) is 0 Å². The molecule has 0 aliphatic heterocycles.